The van der Waals surface area contributed by atoms with Gasteiger partial charge in [0, 0.05) is 11.6 Å². The lowest BCUT2D eigenvalue weighted by Gasteiger charge is -2.18. The first kappa shape index (κ1) is 14.6. The monoisotopic (exact) mass is 269 g/mol. The first-order valence-electron chi connectivity index (χ1n) is 7.19. The fourth-order valence-corrected chi connectivity index (χ4v) is 2.30. The SMILES string of the molecule is CCNC(C)c1ccccc1Oc1cccc(C)c1C. The summed E-state index contributed by atoms with van der Waals surface area (Å²) in [5.41, 5.74) is 3.63. The van der Waals surface area contributed by atoms with Gasteiger partial charge in [0.05, 0.1) is 0 Å². The molecule has 0 aromatic heterocycles. The van der Waals surface area contributed by atoms with Crippen molar-refractivity contribution < 1.29 is 4.74 Å². The summed E-state index contributed by atoms with van der Waals surface area (Å²) in [7, 11) is 0. The van der Waals surface area contributed by atoms with Crippen LogP contribution in [0.3, 0.4) is 0 Å². The van der Waals surface area contributed by atoms with Gasteiger partial charge in [0.1, 0.15) is 11.5 Å². The smallest absolute Gasteiger partial charge is 0.132 e. The van der Waals surface area contributed by atoms with Gasteiger partial charge in [0.15, 0.2) is 0 Å². The van der Waals surface area contributed by atoms with Crippen LogP contribution in [0.25, 0.3) is 0 Å². The Kier molecular flexibility index (Phi) is 4.80. The summed E-state index contributed by atoms with van der Waals surface area (Å²) in [4.78, 5) is 0. The molecule has 2 nitrogen and oxygen atoms in total. The number of rotatable bonds is 5. The molecule has 0 fully saturated rings. The van der Waals surface area contributed by atoms with E-state index in [4.69, 9.17) is 4.74 Å². The van der Waals surface area contributed by atoms with E-state index in [1.165, 1.54) is 16.7 Å². The molecule has 0 bridgehead atoms. The van der Waals surface area contributed by atoms with Gasteiger partial charge in [-0.3, -0.25) is 0 Å². The average Bonchev–Trinajstić information content (AvgIpc) is 2.45. The van der Waals surface area contributed by atoms with Crippen molar-refractivity contribution in [2.24, 2.45) is 0 Å². The fraction of sp³-hybridized carbons (Fsp3) is 0.333. The highest BCUT2D eigenvalue weighted by Crippen LogP contribution is 2.31. The Morgan fingerprint density at radius 1 is 1.00 bits per heavy atom. The first-order chi connectivity index (χ1) is 9.63. The van der Waals surface area contributed by atoms with E-state index in [-0.39, 0.29) is 6.04 Å². The summed E-state index contributed by atoms with van der Waals surface area (Å²) in [6.45, 7) is 9.43. The zero-order valence-electron chi connectivity index (χ0n) is 12.7. The van der Waals surface area contributed by atoms with Crippen LogP contribution in [0.15, 0.2) is 42.5 Å². The van der Waals surface area contributed by atoms with Gasteiger partial charge in [-0.2, -0.15) is 0 Å². The molecule has 1 atom stereocenters. The number of nitrogens with one attached hydrogen (secondary N) is 1. The van der Waals surface area contributed by atoms with Crippen molar-refractivity contribution in [1.29, 1.82) is 0 Å². The fourth-order valence-electron chi connectivity index (χ4n) is 2.30. The molecule has 0 spiro atoms. The van der Waals surface area contributed by atoms with E-state index in [1.807, 2.05) is 24.3 Å². The molecule has 0 radical (unpaired) electrons. The summed E-state index contributed by atoms with van der Waals surface area (Å²) >= 11 is 0. The molecule has 20 heavy (non-hydrogen) atoms. The van der Waals surface area contributed by atoms with Gasteiger partial charge in [-0.15, -0.1) is 0 Å². The van der Waals surface area contributed by atoms with E-state index < -0.39 is 0 Å². The molecular formula is C18H23NO. The summed E-state index contributed by atoms with van der Waals surface area (Å²) in [6.07, 6.45) is 0. The molecule has 106 valence electrons. The van der Waals surface area contributed by atoms with Gasteiger partial charge in [0.2, 0.25) is 0 Å². The summed E-state index contributed by atoms with van der Waals surface area (Å²) in [6, 6.07) is 14.7. The van der Waals surface area contributed by atoms with Gasteiger partial charge in [0.25, 0.3) is 0 Å². The molecule has 2 aromatic carbocycles. The second-order valence-corrected chi connectivity index (χ2v) is 5.12. The highest BCUT2D eigenvalue weighted by atomic mass is 16.5. The first-order valence-corrected chi connectivity index (χ1v) is 7.19. The van der Waals surface area contributed by atoms with Crippen molar-refractivity contribution in [3.05, 3.63) is 59.2 Å². The van der Waals surface area contributed by atoms with E-state index in [0.717, 1.165) is 18.0 Å². The summed E-state index contributed by atoms with van der Waals surface area (Å²) in [5.74, 6) is 1.86. The van der Waals surface area contributed by atoms with Gasteiger partial charge in [-0.25, -0.2) is 0 Å². The normalized spacial score (nSPS) is 12.2. The molecule has 0 aliphatic carbocycles. The highest BCUT2D eigenvalue weighted by molar-refractivity contribution is 5.44. The molecule has 1 N–H and O–H groups in total. The van der Waals surface area contributed by atoms with Crippen LogP contribution in [0.4, 0.5) is 0 Å². The topological polar surface area (TPSA) is 21.3 Å². The van der Waals surface area contributed by atoms with Crippen molar-refractivity contribution >= 4 is 0 Å². The molecule has 0 heterocycles. The van der Waals surface area contributed by atoms with Gasteiger partial charge in [-0.1, -0.05) is 37.3 Å². The average molecular weight is 269 g/mol. The number of aryl methyl sites for hydroxylation is 1. The number of benzene rings is 2. The maximum atomic E-state index is 6.15. The Labute approximate surface area is 121 Å². The lowest BCUT2D eigenvalue weighted by atomic mass is 10.1. The Hall–Kier alpha value is -1.80. The molecule has 1 unspecified atom stereocenters. The molecule has 0 aliphatic rings. The molecule has 2 aromatic rings. The second kappa shape index (κ2) is 6.58. The van der Waals surface area contributed by atoms with Crippen LogP contribution in [0.5, 0.6) is 11.5 Å². The molecule has 2 heteroatoms. The second-order valence-electron chi connectivity index (χ2n) is 5.12. The largest absolute Gasteiger partial charge is 0.457 e. The van der Waals surface area contributed by atoms with Gasteiger partial charge < -0.3 is 10.1 Å². The van der Waals surface area contributed by atoms with E-state index >= 15 is 0 Å². The summed E-state index contributed by atoms with van der Waals surface area (Å²) < 4.78 is 6.15. The van der Waals surface area contributed by atoms with Gasteiger partial charge >= 0.3 is 0 Å². The minimum Gasteiger partial charge on any atom is -0.457 e. The predicted molar refractivity (Wildman–Crippen MR) is 84.5 cm³/mol. The quantitative estimate of drug-likeness (QED) is 0.844. The number of hydrogen-bond acceptors (Lipinski definition) is 2. The standard InChI is InChI=1S/C18H23NO/c1-5-19-15(4)16-10-6-7-11-18(16)20-17-12-8-9-13(2)14(17)3/h6-12,15,19H,5H2,1-4H3. The number of ether oxygens (including phenoxy) is 1. The van der Waals surface area contributed by atoms with Crippen LogP contribution in [0.1, 0.15) is 36.6 Å². The minimum absolute atomic E-state index is 0.279. The van der Waals surface area contributed by atoms with Crippen molar-refractivity contribution in [2.45, 2.75) is 33.7 Å². The highest BCUT2D eigenvalue weighted by Gasteiger charge is 2.12. The molecular weight excluding hydrogens is 246 g/mol. The molecule has 0 saturated carbocycles. The number of para-hydroxylation sites is 1. The molecule has 0 aliphatic heterocycles. The van der Waals surface area contributed by atoms with E-state index in [1.54, 1.807) is 0 Å². The van der Waals surface area contributed by atoms with E-state index in [2.05, 4.69) is 51.2 Å². The van der Waals surface area contributed by atoms with Crippen LogP contribution in [0, 0.1) is 13.8 Å². The zero-order chi connectivity index (χ0) is 14.5. The minimum atomic E-state index is 0.279. The maximum Gasteiger partial charge on any atom is 0.132 e. The third-order valence-electron chi connectivity index (χ3n) is 3.67. The Balaban J connectivity index is 2.32. The van der Waals surface area contributed by atoms with E-state index in [9.17, 15) is 0 Å². The predicted octanol–water partition coefficient (Wildman–Crippen LogP) is 4.77. The van der Waals surface area contributed by atoms with Crippen molar-refractivity contribution in [3.8, 4) is 11.5 Å². The van der Waals surface area contributed by atoms with Crippen molar-refractivity contribution in [2.75, 3.05) is 6.54 Å². The summed E-state index contributed by atoms with van der Waals surface area (Å²) in [5, 5.41) is 3.43. The van der Waals surface area contributed by atoms with Crippen LogP contribution in [-0.2, 0) is 0 Å². The van der Waals surface area contributed by atoms with Crippen molar-refractivity contribution in [1.82, 2.24) is 5.32 Å². The Morgan fingerprint density at radius 3 is 2.45 bits per heavy atom. The maximum absolute atomic E-state index is 6.15. The molecule has 0 saturated heterocycles. The van der Waals surface area contributed by atoms with Gasteiger partial charge in [-0.05, 0) is 50.6 Å². The molecule has 2 rings (SSSR count). The zero-order valence-corrected chi connectivity index (χ0v) is 12.7. The number of hydrogen-bond donors (Lipinski definition) is 1. The Morgan fingerprint density at radius 2 is 1.70 bits per heavy atom. The van der Waals surface area contributed by atoms with Crippen LogP contribution < -0.4 is 10.1 Å². The van der Waals surface area contributed by atoms with Crippen molar-refractivity contribution in [3.63, 3.8) is 0 Å². The van der Waals surface area contributed by atoms with Crippen LogP contribution >= 0.6 is 0 Å². The van der Waals surface area contributed by atoms with Crippen LogP contribution in [0.2, 0.25) is 0 Å². The van der Waals surface area contributed by atoms with Crippen LogP contribution in [-0.4, -0.2) is 6.54 Å². The third kappa shape index (κ3) is 3.20. The molecule has 0 amide bonds. The van der Waals surface area contributed by atoms with E-state index in [0.29, 0.717) is 0 Å². The lowest BCUT2D eigenvalue weighted by Crippen LogP contribution is -2.18. The third-order valence-corrected chi connectivity index (χ3v) is 3.67. The Bertz CT molecular complexity index is 577. The lowest BCUT2D eigenvalue weighted by molar-refractivity contribution is 0.459.